The predicted molar refractivity (Wildman–Crippen MR) is 129 cm³/mol. The molecule has 0 amide bonds. The van der Waals surface area contributed by atoms with Crippen LogP contribution in [0, 0.1) is 0 Å². The summed E-state index contributed by atoms with van der Waals surface area (Å²) in [6.45, 7) is 2.01. The lowest BCUT2D eigenvalue weighted by molar-refractivity contribution is 0.0689. The molecule has 0 unspecified atom stereocenters. The van der Waals surface area contributed by atoms with E-state index in [-0.39, 0.29) is 9.90 Å². The van der Waals surface area contributed by atoms with Gasteiger partial charge in [-0.1, -0.05) is 53.9 Å². The molecule has 0 spiro atoms. The van der Waals surface area contributed by atoms with Gasteiger partial charge in [0.2, 0.25) is 0 Å². The summed E-state index contributed by atoms with van der Waals surface area (Å²) in [5, 5.41) is 21.2. The van der Waals surface area contributed by atoms with Gasteiger partial charge in [0.1, 0.15) is 9.75 Å². The standard InChI is InChI=1S/C11H9ClO2S2.C9H4Cl2O2S/c1-2-15-9-7-4-3-6(12)5-8(7)16-10(9)11(13)14;10-4-1-2-5-6(3-4)14-8(7(5)11)9(12)13/h3-5H,2H2,1H3,(H,13,14);1-3H,(H,12,13). The minimum Gasteiger partial charge on any atom is -0.477 e. The Morgan fingerprint density at radius 2 is 1.37 bits per heavy atom. The number of rotatable bonds is 4. The SMILES string of the molecule is CCSc1c(C(=O)O)sc2cc(Cl)ccc12.O=C(O)c1sc2cc(Cl)ccc2c1Cl. The van der Waals surface area contributed by atoms with Crippen molar-refractivity contribution in [1.82, 2.24) is 0 Å². The quantitative estimate of drug-likeness (QED) is 0.265. The van der Waals surface area contributed by atoms with Crippen molar-refractivity contribution in [3.8, 4) is 0 Å². The number of halogens is 3. The zero-order valence-electron chi connectivity index (χ0n) is 15.2. The summed E-state index contributed by atoms with van der Waals surface area (Å²) in [4.78, 5) is 23.3. The summed E-state index contributed by atoms with van der Waals surface area (Å²) in [6.07, 6.45) is 0. The lowest BCUT2D eigenvalue weighted by atomic mass is 10.2. The third kappa shape index (κ3) is 4.88. The first-order chi connectivity index (χ1) is 14.2. The largest absolute Gasteiger partial charge is 0.477 e. The maximum Gasteiger partial charge on any atom is 0.347 e. The molecule has 0 aliphatic rings. The van der Waals surface area contributed by atoms with Gasteiger partial charge < -0.3 is 10.2 Å². The van der Waals surface area contributed by atoms with Crippen LogP contribution in [0.5, 0.6) is 0 Å². The third-order valence-corrected chi connectivity index (χ3v) is 8.26. The zero-order chi connectivity index (χ0) is 22.0. The molecule has 0 atom stereocenters. The Bertz CT molecular complexity index is 1260. The van der Waals surface area contributed by atoms with Gasteiger partial charge in [-0.2, -0.15) is 0 Å². The Labute approximate surface area is 199 Å². The maximum absolute atomic E-state index is 11.1. The van der Waals surface area contributed by atoms with Gasteiger partial charge in [-0.3, -0.25) is 0 Å². The zero-order valence-corrected chi connectivity index (χ0v) is 20.0. The monoisotopic (exact) mass is 518 g/mol. The first kappa shape index (κ1) is 23.2. The molecule has 2 N–H and O–H groups in total. The van der Waals surface area contributed by atoms with Gasteiger partial charge in [0, 0.05) is 35.1 Å². The average Bonchev–Trinajstić information content (AvgIpc) is 3.20. The molecule has 2 aromatic carbocycles. The molecule has 2 aromatic heterocycles. The van der Waals surface area contributed by atoms with E-state index in [0.717, 1.165) is 42.2 Å². The molecule has 0 saturated heterocycles. The third-order valence-electron chi connectivity index (χ3n) is 3.88. The van der Waals surface area contributed by atoms with Gasteiger partial charge in [0.25, 0.3) is 0 Å². The number of carbonyl (C=O) groups is 2. The molecule has 10 heteroatoms. The number of hydrogen-bond acceptors (Lipinski definition) is 5. The topological polar surface area (TPSA) is 74.6 Å². The fourth-order valence-electron chi connectivity index (χ4n) is 2.65. The summed E-state index contributed by atoms with van der Waals surface area (Å²) in [6, 6.07) is 10.6. The molecule has 0 bridgehead atoms. The van der Waals surface area contributed by atoms with E-state index >= 15 is 0 Å². The van der Waals surface area contributed by atoms with Gasteiger partial charge in [-0.25, -0.2) is 9.59 Å². The second-order valence-corrected chi connectivity index (χ2v) is 10.5. The smallest absolute Gasteiger partial charge is 0.347 e. The van der Waals surface area contributed by atoms with E-state index in [1.807, 2.05) is 19.1 Å². The second-order valence-electron chi connectivity index (χ2n) is 5.83. The summed E-state index contributed by atoms with van der Waals surface area (Å²) in [5.74, 6) is -1.02. The highest BCUT2D eigenvalue weighted by Crippen LogP contribution is 2.39. The van der Waals surface area contributed by atoms with Gasteiger partial charge >= 0.3 is 11.9 Å². The highest BCUT2D eigenvalue weighted by Gasteiger charge is 2.18. The molecule has 4 rings (SSSR count). The lowest BCUT2D eigenvalue weighted by Gasteiger charge is -1.98. The van der Waals surface area contributed by atoms with Crippen LogP contribution in [0.4, 0.5) is 0 Å². The van der Waals surface area contributed by atoms with Crippen molar-refractivity contribution in [3.05, 3.63) is 61.2 Å². The maximum atomic E-state index is 11.1. The van der Waals surface area contributed by atoms with Gasteiger partial charge in [0.15, 0.2) is 0 Å². The Morgan fingerprint density at radius 1 is 0.867 bits per heavy atom. The van der Waals surface area contributed by atoms with E-state index in [4.69, 9.17) is 45.0 Å². The fourth-order valence-corrected chi connectivity index (χ4v) is 6.70. The van der Waals surface area contributed by atoms with Crippen LogP contribution in [0.2, 0.25) is 15.1 Å². The number of aromatic carboxylic acids is 2. The Kier molecular flexibility index (Phi) is 7.55. The van der Waals surface area contributed by atoms with Crippen molar-refractivity contribution in [2.75, 3.05) is 5.75 Å². The summed E-state index contributed by atoms with van der Waals surface area (Å²) in [5.41, 5.74) is 0. The van der Waals surface area contributed by atoms with Crippen LogP contribution in [0.25, 0.3) is 20.2 Å². The molecule has 0 aliphatic heterocycles. The Morgan fingerprint density at radius 3 is 1.90 bits per heavy atom. The van der Waals surface area contributed by atoms with Crippen LogP contribution in [0.3, 0.4) is 0 Å². The predicted octanol–water partition coefficient (Wildman–Crippen LogP) is 8.27. The van der Waals surface area contributed by atoms with Crippen molar-refractivity contribution in [2.45, 2.75) is 11.8 Å². The van der Waals surface area contributed by atoms with E-state index in [1.54, 1.807) is 36.0 Å². The van der Waals surface area contributed by atoms with E-state index in [0.29, 0.717) is 14.9 Å². The highest BCUT2D eigenvalue weighted by atomic mass is 35.5. The first-order valence-electron chi connectivity index (χ1n) is 8.41. The van der Waals surface area contributed by atoms with Crippen molar-refractivity contribution in [3.63, 3.8) is 0 Å². The molecule has 0 fully saturated rings. The van der Waals surface area contributed by atoms with Crippen molar-refractivity contribution in [1.29, 1.82) is 0 Å². The van der Waals surface area contributed by atoms with Crippen LogP contribution >= 0.6 is 69.2 Å². The molecular formula is C20H13Cl3O4S3. The van der Waals surface area contributed by atoms with Crippen LogP contribution in [-0.2, 0) is 0 Å². The number of thioether (sulfide) groups is 1. The molecular weight excluding hydrogens is 507 g/mol. The Balaban J connectivity index is 0.000000172. The van der Waals surface area contributed by atoms with E-state index in [1.165, 1.54) is 11.3 Å². The van der Waals surface area contributed by atoms with Gasteiger partial charge in [-0.15, -0.1) is 34.4 Å². The summed E-state index contributed by atoms with van der Waals surface area (Å²) >= 11 is 21.5. The van der Waals surface area contributed by atoms with Gasteiger partial charge in [-0.05, 0) is 30.0 Å². The van der Waals surface area contributed by atoms with Crippen molar-refractivity contribution < 1.29 is 19.8 Å². The molecule has 0 radical (unpaired) electrons. The number of benzene rings is 2. The van der Waals surface area contributed by atoms with E-state index in [2.05, 4.69) is 0 Å². The van der Waals surface area contributed by atoms with Crippen LogP contribution in [-0.4, -0.2) is 27.9 Å². The molecule has 0 aliphatic carbocycles. The van der Waals surface area contributed by atoms with Crippen LogP contribution in [0.15, 0.2) is 41.3 Å². The van der Waals surface area contributed by atoms with Crippen molar-refractivity contribution >= 4 is 101 Å². The minimum absolute atomic E-state index is 0.156. The normalized spacial score (nSPS) is 10.8. The first-order valence-corrected chi connectivity index (χ1v) is 12.2. The average molecular weight is 520 g/mol. The van der Waals surface area contributed by atoms with Gasteiger partial charge in [0.05, 0.1) is 5.02 Å². The highest BCUT2D eigenvalue weighted by molar-refractivity contribution is 7.99. The minimum atomic E-state index is -1.01. The number of fused-ring (bicyclic) bond motifs is 2. The molecule has 4 aromatic rings. The Hall–Kier alpha value is -1.48. The molecule has 4 nitrogen and oxygen atoms in total. The second kappa shape index (κ2) is 9.77. The molecule has 30 heavy (non-hydrogen) atoms. The van der Waals surface area contributed by atoms with E-state index in [9.17, 15) is 9.59 Å². The summed E-state index contributed by atoms with van der Waals surface area (Å²) < 4.78 is 1.72. The lowest BCUT2D eigenvalue weighted by Crippen LogP contribution is -1.93. The van der Waals surface area contributed by atoms with Crippen LogP contribution < -0.4 is 0 Å². The summed E-state index contributed by atoms with van der Waals surface area (Å²) in [7, 11) is 0. The van der Waals surface area contributed by atoms with Crippen LogP contribution in [0.1, 0.15) is 26.3 Å². The molecule has 2 heterocycles. The number of carboxylic acid groups (broad SMARTS) is 2. The van der Waals surface area contributed by atoms with E-state index < -0.39 is 11.9 Å². The number of hydrogen-bond donors (Lipinski definition) is 2. The molecule has 156 valence electrons. The fraction of sp³-hybridized carbons (Fsp3) is 0.100. The van der Waals surface area contributed by atoms with Crippen molar-refractivity contribution in [2.24, 2.45) is 0 Å². The molecule has 0 saturated carbocycles. The number of thiophene rings is 2. The number of carboxylic acids is 2.